The van der Waals surface area contributed by atoms with Crippen LogP contribution in [-0.2, 0) is 16.1 Å². The lowest BCUT2D eigenvalue weighted by molar-refractivity contribution is -0.138. The minimum atomic E-state index is -0.858. The number of ether oxygens (including phenoxy) is 2. The molecule has 9 heteroatoms. The van der Waals surface area contributed by atoms with E-state index in [0.717, 1.165) is 24.8 Å². The van der Waals surface area contributed by atoms with E-state index < -0.39 is 12.3 Å². The van der Waals surface area contributed by atoms with Gasteiger partial charge < -0.3 is 29.7 Å². The molecule has 2 fully saturated rings. The van der Waals surface area contributed by atoms with Crippen LogP contribution in [0.25, 0.3) is 0 Å². The molecular weight excluding hydrogens is 498 g/mol. The van der Waals surface area contributed by atoms with Crippen LogP contribution in [0.4, 0.5) is 0 Å². The van der Waals surface area contributed by atoms with Crippen LogP contribution >= 0.6 is 0 Å². The Morgan fingerprint density at radius 2 is 1.79 bits per heavy atom. The van der Waals surface area contributed by atoms with Crippen LogP contribution in [-0.4, -0.2) is 70.7 Å². The summed E-state index contributed by atoms with van der Waals surface area (Å²) >= 11 is 0. The Bertz CT molecular complexity index is 1210. The summed E-state index contributed by atoms with van der Waals surface area (Å²) in [6, 6.07) is 12.6. The van der Waals surface area contributed by atoms with Gasteiger partial charge in [-0.05, 0) is 79.5 Å². The number of hydrogen-bond donors (Lipinski definition) is 2. The molecule has 2 saturated heterocycles. The number of aliphatic hydroxyl groups is 1. The fraction of sp³-hybridized carbons (Fsp3) is 0.500. The van der Waals surface area contributed by atoms with Gasteiger partial charge in [0.05, 0.1) is 6.04 Å². The van der Waals surface area contributed by atoms with Crippen molar-refractivity contribution in [2.75, 3.05) is 19.8 Å². The molecule has 2 N–H and O–H groups in total. The first kappa shape index (κ1) is 27.0. The standard InChI is InChI=1S/C30H37N3O6/c1-19(2)20-6-8-23(9-7-20)39-18-28(35)32-14-4-3-5-22(32)17-38-24-10-11-25-21(15-24)16-33(30(25)37)26-12-13-27(34)31-29(26)36/h6-11,15,19,22,26-27,34H,3-5,12-14,16-18H2,1-2H3,(H,31,36)/t22-,26?,27?/m0/s1. The summed E-state index contributed by atoms with van der Waals surface area (Å²) in [5, 5.41) is 12.2. The van der Waals surface area contributed by atoms with Crippen LogP contribution in [0.5, 0.6) is 11.5 Å². The Morgan fingerprint density at radius 1 is 1.03 bits per heavy atom. The Morgan fingerprint density at radius 3 is 2.54 bits per heavy atom. The number of benzene rings is 2. The maximum atomic E-state index is 13.0. The number of carbonyl (C=O) groups is 3. The lowest BCUT2D eigenvalue weighted by Gasteiger charge is -2.35. The number of amides is 3. The average Bonchev–Trinajstić information content (AvgIpc) is 3.26. The molecule has 39 heavy (non-hydrogen) atoms. The summed E-state index contributed by atoms with van der Waals surface area (Å²) in [4.78, 5) is 41.8. The minimum absolute atomic E-state index is 0.0138. The quantitative estimate of drug-likeness (QED) is 0.538. The highest BCUT2D eigenvalue weighted by atomic mass is 16.5. The Kier molecular flexibility index (Phi) is 8.07. The van der Waals surface area contributed by atoms with Gasteiger partial charge >= 0.3 is 0 Å². The number of hydrogen-bond acceptors (Lipinski definition) is 6. The predicted molar refractivity (Wildman–Crippen MR) is 144 cm³/mol. The van der Waals surface area contributed by atoms with Gasteiger partial charge in [-0.1, -0.05) is 26.0 Å². The van der Waals surface area contributed by atoms with E-state index in [2.05, 4.69) is 19.2 Å². The third kappa shape index (κ3) is 6.03. The second-order valence-corrected chi connectivity index (χ2v) is 10.9. The number of nitrogens with zero attached hydrogens (tertiary/aromatic N) is 2. The highest BCUT2D eigenvalue weighted by Crippen LogP contribution is 2.31. The number of nitrogens with one attached hydrogen (secondary N) is 1. The molecule has 2 aromatic rings. The molecule has 5 rings (SSSR count). The minimum Gasteiger partial charge on any atom is -0.491 e. The van der Waals surface area contributed by atoms with Crippen molar-refractivity contribution in [2.24, 2.45) is 0 Å². The zero-order chi connectivity index (χ0) is 27.5. The zero-order valence-corrected chi connectivity index (χ0v) is 22.6. The van der Waals surface area contributed by atoms with Crippen molar-refractivity contribution in [1.82, 2.24) is 15.1 Å². The summed E-state index contributed by atoms with van der Waals surface area (Å²) in [7, 11) is 0. The molecule has 3 aliphatic rings. The molecule has 0 saturated carbocycles. The Labute approximate surface area is 229 Å². The summed E-state index contributed by atoms with van der Waals surface area (Å²) in [5.74, 6) is 1.18. The fourth-order valence-corrected chi connectivity index (χ4v) is 5.61. The van der Waals surface area contributed by atoms with Crippen molar-refractivity contribution in [3.63, 3.8) is 0 Å². The van der Waals surface area contributed by atoms with Crippen molar-refractivity contribution >= 4 is 17.7 Å². The normalized spacial score (nSPS) is 23.0. The highest BCUT2D eigenvalue weighted by molar-refractivity contribution is 6.01. The molecule has 3 aliphatic heterocycles. The molecule has 0 aliphatic carbocycles. The molecule has 2 aromatic carbocycles. The van der Waals surface area contributed by atoms with Crippen LogP contribution in [0.3, 0.4) is 0 Å². The topological polar surface area (TPSA) is 108 Å². The van der Waals surface area contributed by atoms with E-state index in [9.17, 15) is 19.5 Å². The van der Waals surface area contributed by atoms with Crippen LogP contribution in [0.15, 0.2) is 42.5 Å². The predicted octanol–water partition coefficient (Wildman–Crippen LogP) is 3.20. The van der Waals surface area contributed by atoms with Gasteiger partial charge in [0.15, 0.2) is 6.61 Å². The molecule has 0 spiro atoms. The fourth-order valence-electron chi connectivity index (χ4n) is 5.61. The van der Waals surface area contributed by atoms with Gasteiger partial charge in [0.25, 0.3) is 11.8 Å². The lowest BCUT2D eigenvalue weighted by atomic mass is 10.0. The van der Waals surface area contributed by atoms with Crippen LogP contribution in [0.1, 0.15) is 73.4 Å². The summed E-state index contributed by atoms with van der Waals surface area (Å²) in [5.41, 5.74) is 2.60. The number of carbonyl (C=O) groups excluding carboxylic acids is 3. The first-order chi connectivity index (χ1) is 18.8. The Balaban J connectivity index is 1.17. The molecule has 2 unspecified atom stereocenters. The third-order valence-corrected chi connectivity index (χ3v) is 7.91. The molecule has 208 valence electrons. The molecule has 9 nitrogen and oxygen atoms in total. The second-order valence-electron chi connectivity index (χ2n) is 10.9. The van der Waals surface area contributed by atoms with Crippen molar-refractivity contribution in [1.29, 1.82) is 0 Å². The van der Waals surface area contributed by atoms with E-state index in [0.29, 0.717) is 55.5 Å². The molecular formula is C30H37N3O6. The van der Waals surface area contributed by atoms with E-state index in [1.807, 2.05) is 35.2 Å². The van der Waals surface area contributed by atoms with E-state index in [4.69, 9.17) is 9.47 Å². The molecule has 0 bridgehead atoms. The van der Waals surface area contributed by atoms with Gasteiger partial charge in [-0.15, -0.1) is 0 Å². The van der Waals surface area contributed by atoms with Gasteiger partial charge in [-0.2, -0.15) is 0 Å². The van der Waals surface area contributed by atoms with Gasteiger partial charge in [0, 0.05) is 18.7 Å². The van der Waals surface area contributed by atoms with Crippen molar-refractivity contribution < 1.29 is 29.0 Å². The SMILES string of the molecule is CC(C)c1ccc(OCC(=O)N2CCCC[C@H]2COc2ccc3c(c2)CN(C2CCC(O)NC2=O)C3=O)cc1. The van der Waals surface area contributed by atoms with E-state index in [1.54, 1.807) is 17.0 Å². The number of fused-ring (bicyclic) bond motifs is 1. The molecule has 3 heterocycles. The summed E-state index contributed by atoms with van der Waals surface area (Å²) in [6.45, 7) is 5.61. The van der Waals surface area contributed by atoms with Gasteiger partial charge in [0.2, 0.25) is 5.91 Å². The summed E-state index contributed by atoms with van der Waals surface area (Å²) < 4.78 is 11.9. The second kappa shape index (κ2) is 11.7. The highest BCUT2D eigenvalue weighted by Gasteiger charge is 2.39. The van der Waals surface area contributed by atoms with Crippen molar-refractivity contribution in [3.8, 4) is 11.5 Å². The van der Waals surface area contributed by atoms with E-state index >= 15 is 0 Å². The smallest absolute Gasteiger partial charge is 0.260 e. The van der Waals surface area contributed by atoms with Crippen LogP contribution in [0, 0.1) is 0 Å². The molecule has 0 aromatic heterocycles. The van der Waals surface area contributed by atoms with E-state index in [1.165, 1.54) is 5.56 Å². The average molecular weight is 536 g/mol. The van der Waals surface area contributed by atoms with Gasteiger partial charge in [-0.25, -0.2) is 0 Å². The van der Waals surface area contributed by atoms with Gasteiger partial charge in [0.1, 0.15) is 30.4 Å². The maximum absolute atomic E-state index is 13.0. The number of rotatable bonds is 8. The maximum Gasteiger partial charge on any atom is 0.260 e. The largest absolute Gasteiger partial charge is 0.491 e. The Hall–Kier alpha value is -3.59. The van der Waals surface area contributed by atoms with Gasteiger partial charge in [-0.3, -0.25) is 14.4 Å². The molecule has 3 atom stereocenters. The third-order valence-electron chi connectivity index (χ3n) is 7.91. The number of likely N-dealkylation sites (tertiary alicyclic amines) is 1. The van der Waals surface area contributed by atoms with E-state index in [-0.39, 0.29) is 30.4 Å². The molecule has 3 amide bonds. The van der Waals surface area contributed by atoms with Crippen molar-refractivity contribution in [2.45, 2.75) is 76.7 Å². The van der Waals surface area contributed by atoms with Crippen LogP contribution < -0.4 is 14.8 Å². The summed E-state index contributed by atoms with van der Waals surface area (Å²) in [6.07, 6.45) is 2.82. The number of piperidine rings is 2. The lowest BCUT2D eigenvalue weighted by Crippen LogP contribution is -2.54. The first-order valence-corrected chi connectivity index (χ1v) is 13.9. The zero-order valence-electron chi connectivity index (χ0n) is 22.6. The number of aliphatic hydroxyl groups excluding tert-OH is 1. The van der Waals surface area contributed by atoms with Crippen molar-refractivity contribution in [3.05, 3.63) is 59.2 Å². The monoisotopic (exact) mass is 535 g/mol. The first-order valence-electron chi connectivity index (χ1n) is 13.9. The van der Waals surface area contributed by atoms with Crippen LogP contribution in [0.2, 0.25) is 0 Å². The molecule has 0 radical (unpaired) electrons.